The van der Waals surface area contributed by atoms with E-state index in [1.165, 1.54) is 41.5 Å². The van der Waals surface area contributed by atoms with E-state index < -0.39 is 0 Å². The molecule has 1 atom stereocenters. The molecule has 0 saturated heterocycles. The zero-order chi connectivity index (χ0) is 22.0. The molecule has 0 fully saturated rings. The molecular weight excluding hydrogens is 402 g/mol. The van der Waals surface area contributed by atoms with Crippen LogP contribution in [0.15, 0.2) is 42.5 Å². The van der Waals surface area contributed by atoms with Crippen LogP contribution in [-0.2, 0) is 25.8 Å². The van der Waals surface area contributed by atoms with Crippen molar-refractivity contribution in [2.75, 3.05) is 7.05 Å². The van der Waals surface area contributed by atoms with Gasteiger partial charge in [0.05, 0.1) is 0 Å². The number of nitrogens with zero attached hydrogens (tertiary/aromatic N) is 3. The van der Waals surface area contributed by atoms with E-state index in [0.29, 0.717) is 11.2 Å². The first-order chi connectivity index (χ1) is 15.0. The van der Waals surface area contributed by atoms with Gasteiger partial charge in [0.2, 0.25) is 0 Å². The number of halogens is 1. The number of aromatic nitrogens is 2. The van der Waals surface area contributed by atoms with Crippen molar-refractivity contribution in [1.29, 1.82) is 0 Å². The second kappa shape index (κ2) is 9.50. The molecule has 0 radical (unpaired) electrons. The highest BCUT2D eigenvalue weighted by molar-refractivity contribution is 6.30. The maximum atomic E-state index is 6.78. The fourth-order valence-corrected chi connectivity index (χ4v) is 5.20. The van der Waals surface area contributed by atoms with Gasteiger partial charge in [-0.3, -0.25) is 4.90 Å². The van der Waals surface area contributed by atoms with Gasteiger partial charge < -0.3 is 0 Å². The number of hydrogen-bond acceptors (Lipinski definition) is 3. The quantitative estimate of drug-likeness (QED) is 0.403. The molecule has 3 aromatic rings. The van der Waals surface area contributed by atoms with Gasteiger partial charge in [-0.1, -0.05) is 67.9 Å². The van der Waals surface area contributed by atoms with Gasteiger partial charge in [0.25, 0.3) is 0 Å². The van der Waals surface area contributed by atoms with Crippen molar-refractivity contribution >= 4 is 11.6 Å². The summed E-state index contributed by atoms with van der Waals surface area (Å²) in [5.41, 5.74) is 8.63. The Morgan fingerprint density at radius 2 is 1.71 bits per heavy atom. The number of benzene rings is 2. The molecule has 0 amide bonds. The fourth-order valence-electron chi connectivity index (χ4n) is 4.93. The van der Waals surface area contributed by atoms with Crippen LogP contribution < -0.4 is 0 Å². The Morgan fingerprint density at radius 3 is 2.39 bits per heavy atom. The maximum Gasteiger partial charge on any atom is 0.161 e. The smallest absolute Gasteiger partial charge is 0.161 e. The SMILES string of the molecule is CCc1cccc(CC)c1-c1nc(C)c(CN(C)[C@H]2CCCc3ccccc32)c(Cl)n1. The molecule has 0 saturated carbocycles. The highest BCUT2D eigenvalue weighted by Gasteiger charge is 2.25. The molecule has 0 N–H and O–H groups in total. The minimum absolute atomic E-state index is 0.410. The van der Waals surface area contributed by atoms with E-state index in [1.807, 2.05) is 0 Å². The Bertz CT molecular complexity index is 1030. The molecule has 0 aliphatic heterocycles. The topological polar surface area (TPSA) is 29.0 Å². The molecule has 0 unspecified atom stereocenters. The van der Waals surface area contributed by atoms with Crippen molar-refractivity contribution < 1.29 is 0 Å². The second-order valence-electron chi connectivity index (χ2n) is 8.58. The van der Waals surface area contributed by atoms with E-state index in [1.54, 1.807) is 0 Å². The molecular formula is C27H32ClN3. The lowest BCUT2D eigenvalue weighted by molar-refractivity contribution is 0.212. The molecule has 0 spiro atoms. The van der Waals surface area contributed by atoms with Crippen LogP contribution in [0.2, 0.25) is 5.15 Å². The molecule has 0 bridgehead atoms. The number of rotatable bonds is 6. The summed E-state index contributed by atoms with van der Waals surface area (Å²) in [7, 11) is 2.19. The Morgan fingerprint density at radius 1 is 1.00 bits per heavy atom. The normalized spacial score (nSPS) is 15.9. The third kappa shape index (κ3) is 4.40. The first-order valence-electron chi connectivity index (χ1n) is 11.5. The lowest BCUT2D eigenvalue weighted by Gasteiger charge is -2.33. The summed E-state index contributed by atoms with van der Waals surface area (Å²) in [4.78, 5) is 12.1. The number of fused-ring (bicyclic) bond motifs is 1. The minimum atomic E-state index is 0.410. The monoisotopic (exact) mass is 433 g/mol. The van der Waals surface area contributed by atoms with Crippen molar-refractivity contribution in [3.8, 4) is 11.4 Å². The minimum Gasteiger partial charge on any atom is -0.295 e. The van der Waals surface area contributed by atoms with Crippen LogP contribution in [0.1, 0.15) is 66.2 Å². The van der Waals surface area contributed by atoms with Crippen LogP contribution >= 0.6 is 11.6 Å². The molecule has 4 heteroatoms. The molecule has 1 aliphatic carbocycles. The average Bonchev–Trinajstić information content (AvgIpc) is 2.80. The summed E-state index contributed by atoms with van der Waals surface area (Å²) in [5.74, 6) is 0.756. The number of aryl methyl sites for hydroxylation is 4. The molecule has 4 rings (SSSR count). The van der Waals surface area contributed by atoms with Gasteiger partial charge in [-0.25, -0.2) is 9.97 Å². The largest absolute Gasteiger partial charge is 0.295 e. The molecule has 1 heterocycles. The summed E-state index contributed by atoms with van der Waals surface area (Å²) in [6.45, 7) is 7.17. The van der Waals surface area contributed by atoms with Crippen molar-refractivity contribution in [1.82, 2.24) is 14.9 Å². The molecule has 1 aromatic heterocycles. The zero-order valence-corrected chi connectivity index (χ0v) is 19.8. The van der Waals surface area contributed by atoms with E-state index in [-0.39, 0.29) is 0 Å². The van der Waals surface area contributed by atoms with Gasteiger partial charge in [0.15, 0.2) is 5.82 Å². The van der Waals surface area contributed by atoms with E-state index in [0.717, 1.165) is 42.0 Å². The van der Waals surface area contributed by atoms with Crippen molar-refractivity contribution in [3.05, 3.63) is 81.1 Å². The number of hydrogen-bond donors (Lipinski definition) is 0. The van der Waals surface area contributed by atoms with Crippen LogP contribution in [0.5, 0.6) is 0 Å². The fraction of sp³-hybridized carbons (Fsp3) is 0.407. The second-order valence-corrected chi connectivity index (χ2v) is 8.94. The first-order valence-corrected chi connectivity index (χ1v) is 11.8. The standard InChI is InChI=1S/C27H32ClN3/c1-5-19-12-9-13-20(6-2)25(19)27-29-18(3)23(26(28)30-27)17-31(4)24-16-10-14-21-11-7-8-15-22(21)24/h7-9,11-13,15,24H,5-6,10,14,16-17H2,1-4H3/t24-/m0/s1. The Balaban J connectivity index is 1.66. The lowest BCUT2D eigenvalue weighted by atomic mass is 9.87. The van der Waals surface area contributed by atoms with Crippen molar-refractivity contribution in [3.63, 3.8) is 0 Å². The molecule has 162 valence electrons. The molecule has 1 aliphatic rings. The summed E-state index contributed by atoms with van der Waals surface area (Å²) < 4.78 is 0. The van der Waals surface area contributed by atoms with E-state index >= 15 is 0 Å². The van der Waals surface area contributed by atoms with Crippen molar-refractivity contribution in [2.45, 2.75) is 65.5 Å². The van der Waals surface area contributed by atoms with Gasteiger partial charge in [-0.2, -0.15) is 0 Å². The Kier molecular flexibility index (Phi) is 6.74. The van der Waals surface area contributed by atoms with Gasteiger partial charge in [-0.15, -0.1) is 0 Å². The van der Waals surface area contributed by atoms with Crippen LogP contribution in [-0.4, -0.2) is 21.9 Å². The Hall–Kier alpha value is -2.23. The molecule has 31 heavy (non-hydrogen) atoms. The third-order valence-electron chi connectivity index (χ3n) is 6.66. The average molecular weight is 434 g/mol. The summed E-state index contributed by atoms with van der Waals surface area (Å²) in [5, 5.41) is 0.575. The first kappa shape index (κ1) is 22.0. The predicted molar refractivity (Wildman–Crippen MR) is 130 cm³/mol. The van der Waals surface area contributed by atoms with Crippen LogP contribution in [0.4, 0.5) is 0 Å². The lowest BCUT2D eigenvalue weighted by Crippen LogP contribution is -2.28. The van der Waals surface area contributed by atoms with E-state index in [9.17, 15) is 0 Å². The zero-order valence-electron chi connectivity index (χ0n) is 19.1. The summed E-state index contributed by atoms with van der Waals surface area (Å²) in [6.07, 6.45) is 5.48. The van der Waals surface area contributed by atoms with E-state index in [2.05, 4.69) is 75.2 Å². The van der Waals surface area contributed by atoms with Gasteiger partial charge >= 0.3 is 0 Å². The van der Waals surface area contributed by atoms with Crippen LogP contribution in [0.25, 0.3) is 11.4 Å². The van der Waals surface area contributed by atoms with Gasteiger partial charge in [0.1, 0.15) is 5.15 Å². The van der Waals surface area contributed by atoms with Crippen LogP contribution in [0, 0.1) is 6.92 Å². The third-order valence-corrected chi connectivity index (χ3v) is 6.98. The van der Waals surface area contributed by atoms with Crippen molar-refractivity contribution in [2.24, 2.45) is 0 Å². The highest BCUT2D eigenvalue weighted by Crippen LogP contribution is 2.35. The van der Waals surface area contributed by atoms with Crippen LogP contribution in [0.3, 0.4) is 0 Å². The maximum absolute atomic E-state index is 6.78. The molecule has 3 nitrogen and oxygen atoms in total. The predicted octanol–water partition coefficient (Wildman–Crippen LogP) is 6.74. The highest BCUT2D eigenvalue weighted by atomic mass is 35.5. The van der Waals surface area contributed by atoms with E-state index in [4.69, 9.17) is 21.6 Å². The van der Waals surface area contributed by atoms with Gasteiger partial charge in [0, 0.05) is 29.4 Å². The summed E-state index contributed by atoms with van der Waals surface area (Å²) in [6, 6.07) is 15.7. The Labute approximate surface area is 191 Å². The summed E-state index contributed by atoms with van der Waals surface area (Å²) >= 11 is 6.78. The molecule has 2 aromatic carbocycles. The van der Waals surface area contributed by atoms with Gasteiger partial charge in [-0.05, 0) is 68.3 Å².